The second kappa shape index (κ2) is 9.29. The molecule has 2 aromatic heterocycles. The van der Waals surface area contributed by atoms with Crippen LogP contribution >= 0.6 is 23.2 Å². The van der Waals surface area contributed by atoms with E-state index in [9.17, 15) is 4.79 Å². The standard InChI is InChI=1S/C23H19Cl2N3O3/c1-15-5-2-3-6-16(15)12-28-13-17(11-26-28)27-23(29)21-10-9-18(31-21)14-30-20-8-4-7-19(24)22(20)25/h2-11,13H,12,14H2,1H3,(H,27,29). The summed E-state index contributed by atoms with van der Waals surface area (Å²) in [4.78, 5) is 12.5. The Balaban J connectivity index is 1.35. The Morgan fingerprint density at radius 2 is 1.97 bits per heavy atom. The first-order valence-corrected chi connectivity index (χ1v) is 10.3. The van der Waals surface area contributed by atoms with Crippen LogP contribution in [0.15, 0.2) is 71.4 Å². The summed E-state index contributed by atoms with van der Waals surface area (Å²) in [7, 11) is 0. The summed E-state index contributed by atoms with van der Waals surface area (Å²) < 4.78 is 13.0. The number of halogens is 2. The number of hydrogen-bond donors (Lipinski definition) is 1. The van der Waals surface area contributed by atoms with Gasteiger partial charge in [-0.25, -0.2) is 0 Å². The topological polar surface area (TPSA) is 69.3 Å². The number of ether oxygens (including phenoxy) is 1. The van der Waals surface area contributed by atoms with Crippen LogP contribution in [-0.2, 0) is 13.2 Å². The van der Waals surface area contributed by atoms with E-state index in [2.05, 4.69) is 29.5 Å². The van der Waals surface area contributed by atoms with Gasteiger partial charge >= 0.3 is 0 Å². The van der Waals surface area contributed by atoms with Gasteiger partial charge in [0.2, 0.25) is 0 Å². The zero-order valence-electron chi connectivity index (χ0n) is 16.6. The number of carbonyl (C=O) groups is 1. The van der Waals surface area contributed by atoms with Gasteiger partial charge in [-0.15, -0.1) is 0 Å². The molecule has 2 heterocycles. The maximum Gasteiger partial charge on any atom is 0.291 e. The molecule has 1 N–H and O–H groups in total. The van der Waals surface area contributed by atoms with E-state index in [1.165, 1.54) is 11.1 Å². The lowest BCUT2D eigenvalue weighted by atomic mass is 10.1. The number of nitrogens with zero attached hydrogens (tertiary/aromatic N) is 2. The van der Waals surface area contributed by atoms with Crippen molar-refractivity contribution in [3.05, 3.63) is 99.7 Å². The summed E-state index contributed by atoms with van der Waals surface area (Å²) in [6.45, 7) is 2.79. The van der Waals surface area contributed by atoms with Gasteiger partial charge in [-0.05, 0) is 42.3 Å². The lowest BCUT2D eigenvalue weighted by molar-refractivity contribution is 0.0992. The van der Waals surface area contributed by atoms with E-state index in [-0.39, 0.29) is 18.3 Å². The Bertz CT molecular complexity index is 1220. The summed E-state index contributed by atoms with van der Waals surface area (Å²) in [5, 5.41) is 7.83. The fourth-order valence-electron chi connectivity index (χ4n) is 2.99. The molecule has 2 aromatic carbocycles. The van der Waals surface area contributed by atoms with Crippen molar-refractivity contribution in [1.29, 1.82) is 0 Å². The van der Waals surface area contributed by atoms with Crippen molar-refractivity contribution < 1.29 is 13.9 Å². The number of amides is 1. The van der Waals surface area contributed by atoms with E-state index in [4.69, 9.17) is 32.4 Å². The number of furan rings is 1. The molecular weight excluding hydrogens is 437 g/mol. The second-order valence-electron chi connectivity index (χ2n) is 6.91. The predicted octanol–water partition coefficient (Wildman–Crippen LogP) is 5.97. The molecular formula is C23H19Cl2N3O3. The molecule has 0 radical (unpaired) electrons. The SMILES string of the molecule is Cc1ccccc1Cn1cc(NC(=O)c2ccc(COc3cccc(Cl)c3Cl)o2)cn1. The molecule has 0 fully saturated rings. The number of rotatable bonds is 7. The minimum atomic E-state index is -0.373. The summed E-state index contributed by atoms with van der Waals surface area (Å²) >= 11 is 12.1. The Hall–Kier alpha value is -3.22. The smallest absolute Gasteiger partial charge is 0.291 e. The van der Waals surface area contributed by atoms with Crippen molar-refractivity contribution >= 4 is 34.8 Å². The summed E-state index contributed by atoms with van der Waals surface area (Å²) in [5.41, 5.74) is 2.94. The van der Waals surface area contributed by atoms with Gasteiger partial charge in [0, 0.05) is 6.20 Å². The fourth-order valence-corrected chi connectivity index (χ4v) is 3.34. The molecule has 158 valence electrons. The van der Waals surface area contributed by atoms with Crippen molar-refractivity contribution in [3.8, 4) is 5.75 Å². The van der Waals surface area contributed by atoms with Crippen LogP contribution in [0.25, 0.3) is 0 Å². The average Bonchev–Trinajstić information content (AvgIpc) is 3.40. The Morgan fingerprint density at radius 1 is 1.13 bits per heavy atom. The largest absolute Gasteiger partial charge is 0.484 e. The van der Waals surface area contributed by atoms with Crippen molar-refractivity contribution in [3.63, 3.8) is 0 Å². The summed E-state index contributed by atoms with van der Waals surface area (Å²) in [6.07, 6.45) is 3.38. The Morgan fingerprint density at radius 3 is 2.81 bits per heavy atom. The minimum Gasteiger partial charge on any atom is -0.484 e. The van der Waals surface area contributed by atoms with Gasteiger partial charge in [0.25, 0.3) is 5.91 Å². The molecule has 0 spiro atoms. The van der Waals surface area contributed by atoms with Crippen LogP contribution in [0.4, 0.5) is 5.69 Å². The molecule has 0 aliphatic rings. The fraction of sp³-hybridized carbons (Fsp3) is 0.130. The molecule has 31 heavy (non-hydrogen) atoms. The molecule has 0 saturated carbocycles. The molecule has 0 bridgehead atoms. The summed E-state index contributed by atoms with van der Waals surface area (Å²) in [5.74, 6) is 0.721. The first kappa shape index (κ1) is 21.0. The first-order valence-electron chi connectivity index (χ1n) is 9.53. The number of aromatic nitrogens is 2. The van der Waals surface area contributed by atoms with Crippen LogP contribution in [0, 0.1) is 6.92 Å². The number of nitrogens with one attached hydrogen (secondary N) is 1. The van der Waals surface area contributed by atoms with E-state index in [1.807, 2.05) is 12.1 Å². The zero-order valence-corrected chi connectivity index (χ0v) is 18.2. The molecule has 4 rings (SSSR count). The van der Waals surface area contributed by atoms with E-state index < -0.39 is 0 Å². The van der Waals surface area contributed by atoms with Gasteiger partial charge in [0.1, 0.15) is 23.1 Å². The molecule has 6 nitrogen and oxygen atoms in total. The number of benzene rings is 2. The molecule has 8 heteroatoms. The van der Waals surface area contributed by atoms with Crippen LogP contribution < -0.4 is 10.1 Å². The van der Waals surface area contributed by atoms with Crippen LogP contribution in [0.1, 0.15) is 27.4 Å². The molecule has 0 aliphatic carbocycles. The zero-order chi connectivity index (χ0) is 21.8. The van der Waals surface area contributed by atoms with E-state index >= 15 is 0 Å². The van der Waals surface area contributed by atoms with Gasteiger partial charge in [0.05, 0.1) is 23.5 Å². The van der Waals surface area contributed by atoms with E-state index in [0.29, 0.717) is 33.8 Å². The minimum absolute atomic E-state index is 0.113. The van der Waals surface area contributed by atoms with E-state index in [0.717, 1.165) is 0 Å². The quantitative estimate of drug-likeness (QED) is 0.372. The number of aryl methyl sites for hydroxylation is 1. The van der Waals surface area contributed by atoms with Crippen LogP contribution in [0.3, 0.4) is 0 Å². The number of anilines is 1. The van der Waals surface area contributed by atoms with E-state index in [1.54, 1.807) is 47.4 Å². The lowest BCUT2D eigenvalue weighted by Gasteiger charge is -2.07. The van der Waals surface area contributed by atoms with Gasteiger partial charge in [-0.2, -0.15) is 5.10 Å². The van der Waals surface area contributed by atoms with Gasteiger partial charge in [-0.1, -0.05) is 53.5 Å². The first-order chi connectivity index (χ1) is 15.0. The highest BCUT2D eigenvalue weighted by Gasteiger charge is 2.14. The van der Waals surface area contributed by atoms with Crippen molar-refractivity contribution in [2.75, 3.05) is 5.32 Å². The highest BCUT2D eigenvalue weighted by Crippen LogP contribution is 2.32. The normalized spacial score (nSPS) is 10.8. The Kier molecular flexibility index (Phi) is 6.30. The molecule has 0 aliphatic heterocycles. The highest BCUT2D eigenvalue weighted by molar-refractivity contribution is 6.42. The van der Waals surface area contributed by atoms with Crippen LogP contribution in [0.5, 0.6) is 5.75 Å². The lowest BCUT2D eigenvalue weighted by Crippen LogP contribution is -2.10. The van der Waals surface area contributed by atoms with Crippen LogP contribution in [0.2, 0.25) is 10.0 Å². The highest BCUT2D eigenvalue weighted by atomic mass is 35.5. The molecule has 1 amide bonds. The van der Waals surface area contributed by atoms with Crippen molar-refractivity contribution in [2.24, 2.45) is 0 Å². The maximum absolute atomic E-state index is 12.5. The molecule has 0 unspecified atom stereocenters. The third-order valence-corrected chi connectivity index (χ3v) is 5.46. The van der Waals surface area contributed by atoms with Crippen molar-refractivity contribution in [2.45, 2.75) is 20.1 Å². The van der Waals surface area contributed by atoms with Crippen LogP contribution in [-0.4, -0.2) is 15.7 Å². The maximum atomic E-state index is 12.5. The third kappa shape index (κ3) is 5.10. The average molecular weight is 456 g/mol. The molecule has 0 saturated heterocycles. The Labute approximate surface area is 189 Å². The van der Waals surface area contributed by atoms with Gasteiger partial charge < -0.3 is 14.5 Å². The van der Waals surface area contributed by atoms with Gasteiger partial charge in [-0.3, -0.25) is 9.48 Å². The van der Waals surface area contributed by atoms with Crippen molar-refractivity contribution in [1.82, 2.24) is 9.78 Å². The monoisotopic (exact) mass is 455 g/mol. The number of carbonyl (C=O) groups excluding carboxylic acids is 1. The predicted molar refractivity (Wildman–Crippen MR) is 120 cm³/mol. The number of hydrogen-bond acceptors (Lipinski definition) is 4. The molecule has 4 aromatic rings. The second-order valence-corrected chi connectivity index (χ2v) is 7.70. The molecule has 0 atom stereocenters. The summed E-state index contributed by atoms with van der Waals surface area (Å²) in [6, 6.07) is 16.5. The third-order valence-electron chi connectivity index (χ3n) is 4.66. The van der Waals surface area contributed by atoms with Gasteiger partial charge in [0.15, 0.2) is 5.76 Å².